The van der Waals surface area contributed by atoms with Gasteiger partial charge in [0.15, 0.2) is 0 Å². The highest BCUT2D eigenvalue weighted by Crippen LogP contribution is 2.42. The van der Waals surface area contributed by atoms with Crippen LogP contribution in [0.2, 0.25) is 0 Å². The second-order valence-electron chi connectivity index (χ2n) is 5.73. The summed E-state index contributed by atoms with van der Waals surface area (Å²) in [5.74, 6) is 0.716. The van der Waals surface area contributed by atoms with Crippen LogP contribution in [-0.2, 0) is 9.59 Å². The molecule has 1 aromatic rings. The molecule has 112 valence electrons. The Morgan fingerprint density at radius 1 is 1.38 bits per heavy atom. The van der Waals surface area contributed by atoms with E-state index in [1.54, 1.807) is 18.1 Å². The third kappa shape index (κ3) is 2.41. The van der Waals surface area contributed by atoms with Crippen molar-refractivity contribution in [3.8, 4) is 5.75 Å². The van der Waals surface area contributed by atoms with Crippen LogP contribution in [0.5, 0.6) is 5.75 Å². The first-order valence-electron chi connectivity index (χ1n) is 6.92. The molecule has 0 radical (unpaired) electrons. The number of carbonyl (C=O) groups excluding carboxylic acids is 2. The number of piperazine rings is 1. The van der Waals surface area contributed by atoms with Gasteiger partial charge in [0.1, 0.15) is 17.8 Å². The van der Waals surface area contributed by atoms with E-state index in [0.29, 0.717) is 11.4 Å². The Kier molecular flexibility index (Phi) is 3.43. The molecule has 2 fully saturated rings. The van der Waals surface area contributed by atoms with E-state index in [-0.39, 0.29) is 24.3 Å². The van der Waals surface area contributed by atoms with Crippen molar-refractivity contribution >= 4 is 33.4 Å². The number of hydrogen-bond donors (Lipinski definition) is 1. The lowest BCUT2D eigenvalue weighted by atomic mass is 9.91. The van der Waals surface area contributed by atoms with Gasteiger partial charge in [0, 0.05) is 11.8 Å². The average Bonchev–Trinajstić information content (AvgIpc) is 3.28. The van der Waals surface area contributed by atoms with Gasteiger partial charge in [0.2, 0.25) is 5.91 Å². The van der Waals surface area contributed by atoms with Crippen LogP contribution < -0.4 is 15.0 Å². The molecule has 1 heterocycles. The summed E-state index contributed by atoms with van der Waals surface area (Å²) in [6.45, 7) is 1.87. The molecule has 1 unspecified atom stereocenters. The Balaban J connectivity index is 1.97. The fourth-order valence-electron chi connectivity index (χ4n) is 2.84. The molecule has 1 aromatic carbocycles. The fraction of sp³-hybridized carbons (Fsp3) is 0.467. The van der Waals surface area contributed by atoms with Gasteiger partial charge in [0.05, 0.1) is 11.6 Å². The second kappa shape index (κ2) is 5.02. The number of nitrogens with zero attached hydrogens (tertiary/aromatic N) is 1. The van der Waals surface area contributed by atoms with Gasteiger partial charge in [-0.1, -0.05) is 0 Å². The normalized spacial score (nSPS) is 25.8. The van der Waals surface area contributed by atoms with Crippen molar-refractivity contribution in [3.63, 3.8) is 0 Å². The van der Waals surface area contributed by atoms with Crippen molar-refractivity contribution in [3.05, 3.63) is 22.7 Å². The minimum atomic E-state index is -0.782. The number of benzene rings is 1. The minimum Gasteiger partial charge on any atom is -0.495 e. The summed E-state index contributed by atoms with van der Waals surface area (Å²) in [6.07, 6.45) is 1.97. The van der Waals surface area contributed by atoms with Gasteiger partial charge in [-0.05, 0) is 53.7 Å². The lowest BCUT2D eigenvalue weighted by molar-refractivity contribution is -0.136. The van der Waals surface area contributed by atoms with E-state index in [1.807, 2.05) is 19.1 Å². The first-order chi connectivity index (χ1) is 9.95. The maximum absolute atomic E-state index is 12.8. The van der Waals surface area contributed by atoms with Crippen LogP contribution >= 0.6 is 15.9 Å². The van der Waals surface area contributed by atoms with Crippen molar-refractivity contribution in [2.24, 2.45) is 5.92 Å². The van der Waals surface area contributed by atoms with Crippen LogP contribution in [-0.4, -0.2) is 31.0 Å². The van der Waals surface area contributed by atoms with E-state index in [1.165, 1.54) is 0 Å². The van der Waals surface area contributed by atoms with Crippen LogP contribution in [0.1, 0.15) is 19.8 Å². The van der Waals surface area contributed by atoms with E-state index in [2.05, 4.69) is 21.2 Å². The smallest absolute Gasteiger partial charge is 0.253 e. The summed E-state index contributed by atoms with van der Waals surface area (Å²) in [5.41, 5.74) is -0.0999. The highest BCUT2D eigenvalue weighted by molar-refractivity contribution is 9.10. The molecule has 0 spiro atoms. The van der Waals surface area contributed by atoms with Crippen molar-refractivity contribution in [1.29, 1.82) is 0 Å². The third-order valence-electron chi connectivity index (χ3n) is 4.23. The Morgan fingerprint density at radius 2 is 2.10 bits per heavy atom. The molecule has 6 heteroatoms. The maximum Gasteiger partial charge on any atom is 0.253 e. The van der Waals surface area contributed by atoms with E-state index >= 15 is 0 Å². The number of amides is 2. The number of methoxy groups -OCH3 is 1. The Labute approximate surface area is 131 Å². The van der Waals surface area contributed by atoms with E-state index in [4.69, 9.17) is 4.74 Å². The van der Waals surface area contributed by atoms with Gasteiger partial charge >= 0.3 is 0 Å². The first kappa shape index (κ1) is 14.4. The van der Waals surface area contributed by atoms with E-state index in [9.17, 15) is 9.59 Å². The molecular formula is C15H17BrN2O3. The van der Waals surface area contributed by atoms with Crippen molar-refractivity contribution in [1.82, 2.24) is 5.32 Å². The molecule has 1 aliphatic heterocycles. The third-order valence-corrected chi connectivity index (χ3v) is 4.89. The van der Waals surface area contributed by atoms with Crippen LogP contribution in [0, 0.1) is 5.92 Å². The van der Waals surface area contributed by atoms with Gasteiger partial charge < -0.3 is 15.0 Å². The quantitative estimate of drug-likeness (QED) is 0.905. The lowest BCUT2D eigenvalue weighted by Gasteiger charge is -2.40. The molecule has 5 nitrogen and oxygen atoms in total. The summed E-state index contributed by atoms with van der Waals surface area (Å²) >= 11 is 3.39. The average molecular weight is 353 g/mol. The predicted molar refractivity (Wildman–Crippen MR) is 82.3 cm³/mol. The molecule has 3 rings (SSSR count). The number of nitrogens with one attached hydrogen (secondary N) is 1. The predicted octanol–water partition coefficient (Wildman–Crippen LogP) is 2.09. The zero-order valence-corrected chi connectivity index (χ0v) is 13.6. The molecule has 21 heavy (non-hydrogen) atoms. The first-order valence-corrected chi connectivity index (χ1v) is 7.71. The highest BCUT2D eigenvalue weighted by Gasteiger charge is 2.52. The SMILES string of the molecule is COc1cc(N2CC(=O)NC(C)(C3CC3)C2=O)ccc1Br. The number of hydrogen-bond acceptors (Lipinski definition) is 3. The lowest BCUT2D eigenvalue weighted by Crippen LogP contribution is -2.66. The molecule has 1 N–H and O–H groups in total. The molecule has 1 aliphatic carbocycles. The van der Waals surface area contributed by atoms with Gasteiger partial charge in [-0.15, -0.1) is 0 Å². The van der Waals surface area contributed by atoms with Gasteiger partial charge in [-0.25, -0.2) is 0 Å². The molecule has 0 bridgehead atoms. The number of rotatable bonds is 3. The summed E-state index contributed by atoms with van der Waals surface area (Å²) in [7, 11) is 1.57. The summed E-state index contributed by atoms with van der Waals surface area (Å²) < 4.78 is 6.08. The minimum absolute atomic E-state index is 0.0472. The molecule has 1 saturated heterocycles. The van der Waals surface area contributed by atoms with E-state index in [0.717, 1.165) is 17.3 Å². The number of halogens is 1. The second-order valence-corrected chi connectivity index (χ2v) is 6.59. The number of carbonyl (C=O) groups is 2. The van der Waals surface area contributed by atoms with Crippen LogP contribution in [0.4, 0.5) is 5.69 Å². The van der Waals surface area contributed by atoms with Crippen LogP contribution in [0.25, 0.3) is 0 Å². The van der Waals surface area contributed by atoms with Gasteiger partial charge in [0.25, 0.3) is 5.91 Å². The van der Waals surface area contributed by atoms with Gasteiger partial charge in [-0.3, -0.25) is 9.59 Å². The molecule has 0 aromatic heterocycles. The van der Waals surface area contributed by atoms with E-state index < -0.39 is 5.54 Å². The number of ether oxygens (including phenoxy) is 1. The fourth-order valence-corrected chi connectivity index (χ4v) is 3.25. The molecule has 1 saturated carbocycles. The molecular weight excluding hydrogens is 336 g/mol. The topological polar surface area (TPSA) is 58.6 Å². The van der Waals surface area contributed by atoms with Crippen LogP contribution in [0.3, 0.4) is 0 Å². The standard InChI is InChI=1S/C15H17BrN2O3/c1-15(9-3-4-9)14(20)18(8-13(19)17-15)10-5-6-11(16)12(7-10)21-2/h5-7,9H,3-4,8H2,1-2H3,(H,17,19). The Bertz CT molecular complexity index is 615. The van der Waals surface area contributed by atoms with Crippen molar-refractivity contribution in [2.45, 2.75) is 25.3 Å². The Hall–Kier alpha value is -1.56. The summed E-state index contributed by atoms with van der Waals surface area (Å²) in [5, 5.41) is 2.87. The number of anilines is 1. The maximum atomic E-state index is 12.8. The zero-order chi connectivity index (χ0) is 15.2. The Morgan fingerprint density at radius 3 is 2.71 bits per heavy atom. The van der Waals surface area contributed by atoms with Crippen LogP contribution in [0.15, 0.2) is 22.7 Å². The van der Waals surface area contributed by atoms with Gasteiger partial charge in [-0.2, -0.15) is 0 Å². The van der Waals surface area contributed by atoms with Crippen molar-refractivity contribution in [2.75, 3.05) is 18.6 Å². The van der Waals surface area contributed by atoms with Crippen molar-refractivity contribution < 1.29 is 14.3 Å². The zero-order valence-electron chi connectivity index (χ0n) is 12.0. The molecule has 2 amide bonds. The molecule has 1 atom stereocenters. The largest absolute Gasteiger partial charge is 0.495 e. The highest BCUT2D eigenvalue weighted by atomic mass is 79.9. The summed E-state index contributed by atoms with van der Waals surface area (Å²) in [6, 6.07) is 5.41. The summed E-state index contributed by atoms with van der Waals surface area (Å²) in [4.78, 5) is 26.4. The molecule has 2 aliphatic rings. The monoisotopic (exact) mass is 352 g/mol.